The predicted molar refractivity (Wildman–Crippen MR) is 82.9 cm³/mol. The van der Waals surface area contributed by atoms with Crippen molar-refractivity contribution in [2.75, 3.05) is 0 Å². The number of aryl methyl sites for hydroxylation is 1. The highest BCUT2D eigenvalue weighted by molar-refractivity contribution is 7.86. The molecule has 2 aromatic carbocycles. The van der Waals surface area contributed by atoms with Gasteiger partial charge in [0, 0.05) is 18.2 Å². The van der Waals surface area contributed by atoms with Gasteiger partial charge in [0.1, 0.15) is 0 Å². The van der Waals surface area contributed by atoms with E-state index in [2.05, 4.69) is 0 Å². The van der Waals surface area contributed by atoms with Crippen LogP contribution in [0.1, 0.15) is 11.1 Å². The van der Waals surface area contributed by atoms with Crippen LogP contribution in [0, 0.1) is 27.2 Å². The molecule has 0 aliphatic heterocycles. The fraction of sp³-hybridized carbons (Fsp3) is 0.143. The van der Waals surface area contributed by atoms with Crippen LogP contribution in [0.3, 0.4) is 0 Å². The minimum Gasteiger partial charge on any atom is -0.261 e. The monoisotopic (exact) mass is 352 g/mol. The second kappa shape index (κ2) is 6.72. The largest absolute Gasteiger partial charge is 0.297 e. The van der Waals surface area contributed by atoms with Crippen molar-refractivity contribution in [1.29, 1.82) is 0 Å². The first-order valence-electron chi connectivity index (χ1n) is 6.58. The molecule has 126 valence electrons. The Hall–Kier alpha value is -2.85. The van der Waals surface area contributed by atoms with E-state index in [9.17, 15) is 28.6 Å². The van der Waals surface area contributed by atoms with Crippen molar-refractivity contribution in [3.63, 3.8) is 0 Å². The van der Waals surface area contributed by atoms with Gasteiger partial charge in [-0.3, -0.25) is 24.4 Å². The summed E-state index contributed by atoms with van der Waals surface area (Å²) in [7, 11) is -4.14. The Balaban J connectivity index is 2.30. The molecule has 0 heterocycles. The van der Waals surface area contributed by atoms with Gasteiger partial charge in [-0.15, -0.1) is 0 Å². The Kier molecular flexibility index (Phi) is 4.90. The molecule has 9 nitrogen and oxygen atoms in total. The van der Waals surface area contributed by atoms with E-state index in [1.54, 1.807) is 19.1 Å². The summed E-state index contributed by atoms with van der Waals surface area (Å²) in [5.74, 6) is 0. The van der Waals surface area contributed by atoms with E-state index in [-0.39, 0.29) is 10.5 Å². The number of nitro benzene ring substituents is 2. The van der Waals surface area contributed by atoms with Crippen LogP contribution < -0.4 is 0 Å². The summed E-state index contributed by atoms with van der Waals surface area (Å²) in [5.41, 5.74) is -0.209. The van der Waals surface area contributed by atoms with Crippen LogP contribution in [0.25, 0.3) is 0 Å². The van der Waals surface area contributed by atoms with Gasteiger partial charge in [-0.05, 0) is 19.1 Å². The van der Waals surface area contributed by atoms with Gasteiger partial charge in [-0.2, -0.15) is 8.42 Å². The van der Waals surface area contributed by atoms with Crippen molar-refractivity contribution in [2.45, 2.75) is 18.4 Å². The molecule has 0 saturated heterocycles. The molecule has 2 aromatic rings. The smallest absolute Gasteiger partial charge is 0.261 e. The Morgan fingerprint density at radius 1 is 1.00 bits per heavy atom. The number of hydrogen-bond donors (Lipinski definition) is 0. The summed E-state index contributed by atoms with van der Waals surface area (Å²) in [5, 5.41) is 21.7. The lowest BCUT2D eigenvalue weighted by Gasteiger charge is -2.07. The summed E-state index contributed by atoms with van der Waals surface area (Å²) >= 11 is 0. The average Bonchev–Trinajstić information content (AvgIpc) is 2.53. The number of nitro groups is 2. The summed E-state index contributed by atoms with van der Waals surface area (Å²) in [4.78, 5) is 20.1. The normalized spacial score (nSPS) is 11.2. The number of benzene rings is 2. The maximum absolute atomic E-state index is 12.1. The predicted octanol–water partition coefficient (Wildman–Crippen LogP) is 2.72. The van der Waals surface area contributed by atoms with Crippen molar-refractivity contribution < 1.29 is 22.4 Å². The maximum atomic E-state index is 12.1. The minimum atomic E-state index is -4.14. The quantitative estimate of drug-likeness (QED) is 0.444. The molecular formula is C14H12N2O7S. The van der Waals surface area contributed by atoms with E-state index in [4.69, 9.17) is 4.18 Å². The van der Waals surface area contributed by atoms with E-state index in [1.807, 2.05) is 0 Å². The van der Waals surface area contributed by atoms with E-state index in [0.717, 1.165) is 23.8 Å². The van der Waals surface area contributed by atoms with Crippen molar-refractivity contribution in [1.82, 2.24) is 0 Å². The zero-order chi connectivity index (χ0) is 17.9. The Bertz CT molecular complexity index is 892. The molecule has 2 rings (SSSR count). The molecule has 10 heteroatoms. The van der Waals surface area contributed by atoms with Crippen molar-refractivity contribution in [3.05, 3.63) is 73.8 Å². The van der Waals surface area contributed by atoms with Crippen LogP contribution >= 0.6 is 0 Å². The molecule has 0 saturated carbocycles. The van der Waals surface area contributed by atoms with Crippen LogP contribution in [0.5, 0.6) is 0 Å². The Morgan fingerprint density at radius 2 is 1.62 bits per heavy atom. The zero-order valence-electron chi connectivity index (χ0n) is 12.4. The first-order chi connectivity index (χ1) is 11.2. The van der Waals surface area contributed by atoms with Crippen molar-refractivity contribution in [2.24, 2.45) is 0 Å². The molecule has 0 amide bonds. The molecular weight excluding hydrogens is 340 g/mol. The van der Waals surface area contributed by atoms with Gasteiger partial charge in [0.05, 0.1) is 26.9 Å². The molecule has 0 radical (unpaired) electrons. The van der Waals surface area contributed by atoms with Crippen LogP contribution in [-0.4, -0.2) is 18.3 Å². The first kappa shape index (κ1) is 17.5. The second-order valence-electron chi connectivity index (χ2n) is 4.86. The van der Waals surface area contributed by atoms with E-state index in [0.29, 0.717) is 0 Å². The molecule has 0 unspecified atom stereocenters. The van der Waals surface area contributed by atoms with Gasteiger partial charge >= 0.3 is 0 Å². The summed E-state index contributed by atoms with van der Waals surface area (Å²) in [6, 6.07) is 8.66. The Labute approximate surface area is 136 Å². The Morgan fingerprint density at radius 3 is 2.17 bits per heavy atom. The van der Waals surface area contributed by atoms with Gasteiger partial charge in [-0.1, -0.05) is 17.7 Å². The minimum absolute atomic E-state index is 0.110. The average molecular weight is 352 g/mol. The highest BCUT2D eigenvalue weighted by Gasteiger charge is 2.22. The molecule has 0 atom stereocenters. The van der Waals surface area contributed by atoms with Crippen LogP contribution in [0.4, 0.5) is 11.4 Å². The van der Waals surface area contributed by atoms with Crippen LogP contribution in [0.15, 0.2) is 47.4 Å². The number of hydrogen-bond acceptors (Lipinski definition) is 7. The maximum Gasteiger partial charge on any atom is 0.297 e. The molecule has 0 bridgehead atoms. The lowest BCUT2D eigenvalue weighted by molar-refractivity contribution is -0.389. The fourth-order valence-electron chi connectivity index (χ4n) is 1.89. The first-order valence-corrected chi connectivity index (χ1v) is 7.99. The van der Waals surface area contributed by atoms with Crippen molar-refractivity contribution >= 4 is 21.5 Å². The number of non-ortho nitro benzene ring substituents is 1. The number of rotatable bonds is 6. The van der Waals surface area contributed by atoms with Gasteiger partial charge in [0.15, 0.2) is 0 Å². The standard InChI is InChI=1S/C14H12N2O7S/c1-10-2-5-13(6-3-10)24(21,22)23-9-11-8-12(15(17)18)4-7-14(11)16(19)20/h2-8H,9H2,1H3. The lowest BCUT2D eigenvalue weighted by Crippen LogP contribution is -2.08. The lowest BCUT2D eigenvalue weighted by atomic mass is 10.1. The fourth-order valence-corrected chi connectivity index (χ4v) is 2.78. The van der Waals surface area contributed by atoms with E-state index in [1.165, 1.54) is 12.1 Å². The van der Waals surface area contributed by atoms with Gasteiger partial charge < -0.3 is 0 Å². The van der Waals surface area contributed by atoms with Gasteiger partial charge in [0.25, 0.3) is 21.5 Å². The molecule has 0 fully saturated rings. The van der Waals surface area contributed by atoms with Crippen LogP contribution in [0.2, 0.25) is 0 Å². The summed E-state index contributed by atoms with van der Waals surface area (Å²) < 4.78 is 29.0. The third-order valence-corrected chi connectivity index (χ3v) is 4.43. The van der Waals surface area contributed by atoms with E-state index >= 15 is 0 Å². The second-order valence-corrected chi connectivity index (χ2v) is 6.47. The molecule has 0 N–H and O–H groups in total. The van der Waals surface area contributed by atoms with Gasteiger partial charge in [-0.25, -0.2) is 0 Å². The molecule has 0 aromatic heterocycles. The topological polar surface area (TPSA) is 130 Å². The van der Waals surface area contributed by atoms with Gasteiger partial charge in [0.2, 0.25) is 0 Å². The molecule has 0 aliphatic carbocycles. The highest BCUT2D eigenvalue weighted by Crippen LogP contribution is 2.26. The van der Waals surface area contributed by atoms with E-state index < -0.39 is 37.9 Å². The molecule has 0 spiro atoms. The molecule has 24 heavy (non-hydrogen) atoms. The third kappa shape index (κ3) is 3.91. The van der Waals surface area contributed by atoms with Crippen LogP contribution in [-0.2, 0) is 20.9 Å². The number of nitrogens with zero attached hydrogens (tertiary/aromatic N) is 2. The summed E-state index contributed by atoms with van der Waals surface area (Å²) in [6.45, 7) is 1.10. The SMILES string of the molecule is Cc1ccc(S(=O)(=O)OCc2cc([N+](=O)[O-])ccc2[N+](=O)[O-])cc1. The zero-order valence-corrected chi connectivity index (χ0v) is 13.2. The molecule has 0 aliphatic rings. The third-order valence-electron chi connectivity index (χ3n) is 3.15. The highest BCUT2D eigenvalue weighted by atomic mass is 32.2. The van der Waals surface area contributed by atoms with Crippen molar-refractivity contribution in [3.8, 4) is 0 Å². The summed E-state index contributed by atoms with van der Waals surface area (Å²) in [6.07, 6.45) is 0.